The highest BCUT2D eigenvalue weighted by Gasteiger charge is 2.48. The normalized spacial score (nSPS) is 27.3. The van der Waals surface area contributed by atoms with Crippen LogP contribution in [0.15, 0.2) is 23.4 Å². The average Bonchev–Trinajstić information content (AvgIpc) is 3.37. The number of nitrogens with zero attached hydrogens (tertiary/aromatic N) is 4. The second-order valence-corrected chi connectivity index (χ2v) is 8.07. The minimum atomic E-state index is -0.184. The van der Waals surface area contributed by atoms with E-state index in [-0.39, 0.29) is 23.8 Å². The Bertz CT molecular complexity index is 762. The average molecular weight is 356 g/mol. The number of carbonyl (C=O) groups excluding carboxylic acids is 2. The number of amides is 2. The molecule has 1 aliphatic carbocycles. The van der Waals surface area contributed by atoms with Gasteiger partial charge >= 0.3 is 0 Å². The number of aromatic nitrogens is 2. The fourth-order valence-electron chi connectivity index (χ4n) is 4.42. The van der Waals surface area contributed by atoms with E-state index in [1.807, 2.05) is 27.6 Å². The maximum atomic E-state index is 13.5. The van der Waals surface area contributed by atoms with E-state index in [0.717, 1.165) is 38.0 Å². The number of rotatable bonds is 3. The molecule has 0 spiro atoms. The molecule has 1 aromatic heterocycles. The molecule has 3 heterocycles. The monoisotopic (exact) mass is 356 g/mol. The van der Waals surface area contributed by atoms with Crippen LogP contribution in [0.3, 0.4) is 0 Å². The van der Waals surface area contributed by atoms with Crippen molar-refractivity contribution in [1.82, 2.24) is 19.6 Å². The van der Waals surface area contributed by atoms with Crippen molar-refractivity contribution in [3.8, 4) is 0 Å². The van der Waals surface area contributed by atoms with Gasteiger partial charge < -0.3 is 9.80 Å². The van der Waals surface area contributed by atoms with Crippen LogP contribution in [0.4, 0.5) is 0 Å². The van der Waals surface area contributed by atoms with Gasteiger partial charge in [-0.15, -0.1) is 0 Å². The van der Waals surface area contributed by atoms with Crippen LogP contribution in [0, 0.1) is 5.92 Å². The lowest BCUT2D eigenvalue weighted by Gasteiger charge is -2.43. The lowest BCUT2D eigenvalue weighted by Crippen LogP contribution is -2.51. The Kier molecular flexibility index (Phi) is 4.37. The molecule has 0 aromatic carbocycles. The predicted octanol–water partition coefficient (Wildman–Crippen LogP) is 2.43. The van der Waals surface area contributed by atoms with Gasteiger partial charge in [-0.25, -0.2) is 0 Å². The molecule has 3 aliphatic rings. The quantitative estimate of drug-likeness (QED) is 0.782. The minimum absolute atomic E-state index is 0.171. The molecular weight excluding hydrogens is 328 g/mol. The first kappa shape index (κ1) is 17.3. The Morgan fingerprint density at radius 3 is 2.54 bits per heavy atom. The summed E-state index contributed by atoms with van der Waals surface area (Å²) in [7, 11) is 1.90. The summed E-state index contributed by atoms with van der Waals surface area (Å²) in [5.41, 5.74) is 3.67. The summed E-state index contributed by atoms with van der Waals surface area (Å²) in [6, 6.07) is 2.07. The van der Waals surface area contributed by atoms with Crippen molar-refractivity contribution >= 4 is 11.8 Å². The number of hydrogen-bond donors (Lipinski definition) is 0. The van der Waals surface area contributed by atoms with Gasteiger partial charge in [0, 0.05) is 38.8 Å². The Balaban J connectivity index is 1.66. The van der Waals surface area contributed by atoms with Crippen LogP contribution in [0.2, 0.25) is 0 Å². The fraction of sp³-hybridized carbons (Fsp3) is 0.650. The molecule has 0 bridgehead atoms. The molecule has 6 nitrogen and oxygen atoms in total. The second kappa shape index (κ2) is 6.56. The number of likely N-dealkylation sites (tertiary alicyclic amines) is 1. The standard InChI is InChI=1S/C20H28N4O2/c1-13-9-11-23(12-14(13)2)20(26)16-6-7-18(25)24(15-4-5-15)19(16)17-8-10-21-22(17)3/h8,10,15-16,19H,4-7,9,11-12H2,1-3H3/t16-,19-/m0/s1. The van der Waals surface area contributed by atoms with Crippen molar-refractivity contribution in [3.05, 3.63) is 29.1 Å². The van der Waals surface area contributed by atoms with Gasteiger partial charge in [-0.3, -0.25) is 14.3 Å². The van der Waals surface area contributed by atoms with Gasteiger partial charge in [0.2, 0.25) is 11.8 Å². The topological polar surface area (TPSA) is 58.4 Å². The molecule has 2 atom stereocenters. The summed E-state index contributed by atoms with van der Waals surface area (Å²) >= 11 is 0. The highest BCUT2D eigenvalue weighted by molar-refractivity contribution is 5.85. The minimum Gasteiger partial charge on any atom is -0.338 e. The molecule has 6 heteroatoms. The molecule has 0 unspecified atom stereocenters. The first-order chi connectivity index (χ1) is 12.5. The highest BCUT2D eigenvalue weighted by Crippen LogP contribution is 2.44. The van der Waals surface area contributed by atoms with Gasteiger partial charge in [-0.1, -0.05) is 11.1 Å². The predicted molar refractivity (Wildman–Crippen MR) is 98.1 cm³/mol. The smallest absolute Gasteiger partial charge is 0.228 e. The summed E-state index contributed by atoms with van der Waals surface area (Å²) in [5, 5.41) is 4.31. The molecule has 2 fully saturated rings. The molecule has 4 rings (SSSR count). The summed E-state index contributed by atoms with van der Waals surface area (Å²) in [6.07, 6.45) is 5.92. The Morgan fingerprint density at radius 2 is 1.92 bits per heavy atom. The largest absolute Gasteiger partial charge is 0.338 e. The van der Waals surface area contributed by atoms with Gasteiger partial charge in [-0.2, -0.15) is 5.10 Å². The number of hydrogen-bond acceptors (Lipinski definition) is 3. The van der Waals surface area contributed by atoms with Gasteiger partial charge in [0.05, 0.1) is 17.7 Å². The lowest BCUT2D eigenvalue weighted by atomic mass is 9.84. The number of piperidine rings is 1. The third-order valence-electron chi connectivity index (χ3n) is 6.28. The van der Waals surface area contributed by atoms with E-state index in [9.17, 15) is 9.59 Å². The van der Waals surface area contributed by atoms with E-state index in [0.29, 0.717) is 18.9 Å². The van der Waals surface area contributed by atoms with Crippen molar-refractivity contribution in [2.24, 2.45) is 13.0 Å². The zero-order valence-electron chi connectivity index (χ0n) is 15.9. The molecule has 1 saturated carbocycles. The SMILES string of the molecule is CC1=C(C)CN(C(=O)[C@H]2CCC(=O)N(C3CC3)[C@@H]2c2ccnn2C)CC1. The zero-order valence-corrected chi connectivity index (χ0v) is 15.9. The van der Waals surface area contributed by atoms with Gasteiger partial charge in [0.15, 0.2) is 0 Å². The second-order valence-electron chi connectivity index (χ2n) is 8.07. The molecule has 0 radical (unpaired) electrons. The molecule has 0 N–H and O–H groups in total. The van der Waals surface area contributed by atoms with Crippen LogP contribution in [0.5, 0.6) is 0 Å². The highest BCUT2D eigenvalue weighted by atomic mass is 16.2. The summed E-state index contributed by atoms with van der Waals surface area (Å²) in [4.78, 5) is 30.1. The number of aryl methyl sites for hydroxylation is 1. The van der Waals surface area contributed by atoms with E-state index in [4.69, 9.17) is 0 Å². The summed E-state index contributed by atoms with van der Waals surface area (Å²) in [6.45, 7) is 5.78. The zero-order chi connectivity index (χ0) is 18.4. The third-order valence-corrected chi connectivity index (χ3v) is 6.28. The molecule has 1 aromatic rings. The van der Waals surface area contributed by atoms with Crippen LogP contribution >= 0.6 is 0 Å². The lowest BCUT2D eigenvalue weighted by molar-refractivity contribution is -0.149. The number of carbonyl (C=O) groups is 2. The Morgan fingerprint density at radius 1 is 1.15 bits per heavy atom. The van der Waals surface area contributed by atoms with Crippen molar-refractivity contribution in [3.63, 3.8) is 0 Å². The van der Waals surface area contributed by atoms with Crippen LogP contribution in [-0.4, -0.2) is 50.5 Å². The van der Waals surface area contributed by atoms with Crippen LogP contribution in [0.25, 0.3) is 0 Å². The van der Waals surface area contributed by atoms with Crippen molar-refractivity contribution in [2.45, 2.75) is 58.0 Å². The van der Waals surface area contributed by atoms with Crippen molar-refractivity contribution in [2.75, 3.05) is 13.1 Å². The molecular formula is C20H28N4O2. The Hall–Kier alpha value is -2.11. The molecule has 2 aliphatic heterocycles. The molecule has 26 heavy (non-hydrogen) atoms. The van der Waals surface area contributed by atoms with E-state index in [1.54, 1.807) is 6.20 Å². The van der Waals surface area contributed by atoms with Crippen LogP contribution in [0.1, 0.15) is 57.7 Å². The van der Waals surface area contributed by atoms with Crippen molar-refractivity contribution in [1.29, 1.82) is 0 Å². The van der Waals surface area contributed by atoms with Crippen LogP contribution in [-0.2, 0) is 16.6 Å². The summed E-state index contributed by atoms with van der Waals surface area (Å²) in [5.74, 6) is 0.212. The van der Waals surface area contributed by atoms with Crippen molar-refractivity contribution < 1.29 is 9.59 Å². The fourth-order valence-corrected chi connectivity index (χ4v) is 4.42. The summed E-state index contributed by atoms with van der Waals surface area (Å²) < 4.78 is 1.82. The Labute approximate surface area is 154 Å². The van der Waals surface area contributed by atoms with Gasteiger partial charge in [-0.05, 0) is 45.6 Å². The van der Waals surface area contributed by atoms with E-state index >= 15 is 0 Å². The van der Waals surface area contributed by atoms with Gasteiger partial charge in [0.1, 0.15) is 0 Å². The maximum absolute atomic E-state index is 13.5. The van der Waals surface area contributed by atoms with E-state index in [2.05, 4.69) is 18.9 Å². The first-order valence-electron chi connectivity index (χ1n) is 9.70. The molecule has 1 saturated heterocycles. The van der Waals surface area contributed by atoms with E-state index in [1.165, 1.54) is 11.1 Å². The van der Waals surface area contributed by atoms with E-state index < -0.39 is 0 Å². The molecule has 2 amide bonds. The third kappa shape index (κ3) is 2.95. The first-order valence-corrected chi connectivity index (χ1v) is 9.70. The van der Waals surface area contributed by atoms with Gasteiger partial charge in [0.25, 0.3) is 0 Å². The maximum Gasteiger partial charge on any atom is 0.228 e. The van der Waals surface area contributed by atoms with Crippen LogP contribution < -0.4 is 0 Å². The molecule has 140 valence electrons.